The number of hydrogen-bond donors (Lipinski definition) is 0. The fraction of sp³-hybridized carbons (Fsp3) is 0. The predicted octanol–water partition coefficient (Wildman–Crippen LogP) is 6.63. The first-order valence-electron chi connectivity index (χ1n) is 8.32. The minimum Gasteiger partial charge on any atom is -0.280 e. The minimum absolute atomic E-state index is 0.836. The second-order valence-electron chi connectivity index (χ2n) is 5.88. The Labute approximate surface area is 154 Å². The van der Waals surface area contributed by atoms with E-state index in [9.17, 15) is 0 Å². The maximum atomic E-state index is 4.76. The maximum Gasteiger partial charge on any atom is 0.197 e. The molecule has 124 valence electrons. The lowest BCUT2D eigenvalue weighted by Crippen LogP contribution is -1.85. The van der Waals surface area contributed by atoms with Crippen LogP contribution in [0.3, 0.4) is 0 Å². The van der Waals surface area contributed by atoms with Gasteiger partial charge in [-0.15, -0.1) is 10.2 Å². The van der Waals surface area contributed by atoms with Gasteiger partial charge in [0.1, 0.15) is 0 Å². The van der Waals surface area contributed by atoms with Crippen molar-refractivity contribution in [2.24, 2.45) is 10.2 Å². The number of imidazole rings is 1. The molecular weight excluding hydrogens is 340 g/mol. The molecule has 2 heterocycles. The average molecular weight is 354 g/mol. The summed E-state index contributed by atoms with van der Waals surface area (Å²) in [4.78, 5) is 5.68. The summed E-state index contributed by atoms with van der Waals surface area (Å²) >= 11 is 1.56. The van der Waals surface area contributed by atoms with Gasteiger partial charge in [-0.2, -0.15) is 0 Å². The van der Waals surface area contributed by atoms with Crippen LogP contribution in [0.25, 0.3) is 27.3 Å². The van der Waals surface area contributed by atoms with Crippen LogP contribution in [0, 0.1) is 0 Å². The zero-order valence-corrected chi connectivity index (χ0v) is 14.6. The van der Waals surface area contributed by atoms with Crippen molar-refractivity contribution in [1.29, 1.82) is 0 Å². The largest absolute Gasteiger partial charge is 0.280 e. The van der Waals surface area contributed by atoms with Crippen molar-refractivity contribution >= 4 is 38.0 Å². The van der Waals surface area contributed by atoms with E-state index in [2.05, 4.69) is 32.8 Å². The van der Waals surface area contributed by atoms with E-state index >= 15 is 0 Å². The van der Waals surface area contributed by atoms with Crippen molar-refractivity contribution < 1.29 is 0 Å². The van der Waals surface area contributed by atoms with Crippen molar-refractivity contribution in [3.8, 4) is 11.3 Å². The molecule has 0 saturated heterocycles. The summed E-state index contributed by atoms with van der Waals surface area (Å²) in [5.41, 5.74) is 5.03. The number of hydrogen-bond acceptors (Lipinski definition) is 4. The van der Waals surface area contributed by atoms with Crippen molar-refractivity contribution in [3.63, 3.8) is 0 Å². The van der Waals surface area contributed by atoms with Gasteiger partial charge in [0.2, 0.25) is 0 Å². The highest BCUT2D eigenvalue weighted by atomic mass is 32.1. The molecule has 0 aliphatic carbocycles. The van der Waals surface area contributed by atoms with E-state index in [1.54, 1.807) is 11.3 Å². The summed E-state index contributed by atoms with van der Waals surface area (Å²) in [6.07, 6.45) is 0. The molecule has 0 atom stereocenters. The molecule has 0 aliphatic rings. The first-order valence-corrected chi connectivity index (χ1v) is 9.14. The second-order valence-corrected chi connectivity index (χ2v) is 6.83. The number of aromatic nitrogens is 2. The van der Waals surface area contributed by atoms with Crippen LogP contribution in [0.4, 0.5) is 10.7 Å². The Bertz CT molecular complexity index is 1220. The van der Waals surface area contributed by atoms with Crippen molar-refractivity contribution in [2.45, 2.75) is 0 Å². The molecule has 3 aromatic carbocycles. The lowest BCUT2D eigenvalue weighted by Gasteiger charge is -2.02. The summed E-state index contributed by atoms with van der Waals surface area (Å²) in [5, 5.41) is 9.82. The SMILES string of the molecule is c1ccc(N=Nc2sc3nc4ccccc4n3c2-c2ccccc2)cc1. The van der Waals surface area contributed by atoms with Crippen LogP contribution in [0.2, 0.25) is 0 Å². The number of fused-ring (bicyclic) bond motifs is 3. The molecule has 2 aromatic heterocycles. The third-order valence-electron chi connectivity index (χ3n) is 4.20. The van der Waals surface area contributed by atoms with Crippen LogP contribution in [0.1, 0.15) is 0 Å². The molecule has 0 aliphatic heterocycles. The Morgan fingerprint density at radius 1 is 0.731 bits per heavy atom. The van der Waals surface area contributed by atoms with Gasteiger partial charge < -0.3 is 0 Å². The standard InChI is InChI=1S/C21H14N4S/c1-3-9-15(10-4-1)19-20(24-23-16-11-5-2-6-12-16)26-21-22-17-13-7-8-14-18(17)25(19)21/h1-14H. The van der Waals surface area contributed by atoms with Gasteiger partial charge in [0.15, 0.2) is 9.96 Å². The molecule has 5 aromatic rings. The lowest BCUT2D eigenvalue weighted by molar-refractivity contribution is 1.22. The average Bonchev–Trinajstić information content (AvgIpc) is 3.23. The van der Waals surface area contributed by atoms with Crippen LogP contribution in [0.15, 0.2) is 95.2 Å². The molecule has 5 rings (SSSR count). The van der Waals surface area contributed by atoms with Gasteiger partial charge in [0.25, 0.3) is 0 Å². The fourth-order valence-corrected chi connectivity index (χ4v) is 4.02. The highest BCUT2D eigenvalue weighted by Gasteiger charge is 2.18. The van der Waals surface area contributed by atoms with E-state index in [-0.39, 0.29) is 0 Å². The highest BCUT2D eigenvalue weighted by Crippen LogP contribution is 2.41. The van der Waals surface area contributed by atoms with E-state index in [1.807, 2.05) is 66.7 Å². The van der Waals surface area contributed by atoms with Gasteiger partial charge in [-0.1, -0.05) is 72.0 Å². The topological polar surface area (TPSA) is 42.0 Å². The smallest absolute Gasteiger partial charge is 0.197 e. The summed E-state index contributed by atoms with van der Waals surface area (Å²) < 4.78 is 2.18. The van der Waals surface area contributed by atoms with Gasteiger partial charge in [0, 0.05) is 5.56 Å². The van der Waals surface area contributed by atoms with E-state index in [1.165, 1.54) is 0 Å². The summed E-state index contributed by atoms with van der Waals surface area (Å²) in [6.45, 7) is 0. The monoisotopic (exact) mass is 354 g/mol. The minimum atomic E-state index is 0.836. The van der Waals surface area contributed by atoms with Gasteiger partial charge in [-0.25, -0.2) is 4.98 Å². The van der Waals surface area contributed by atoms with E-state index in [4.69, 9.17) is 4.98 Å². The van der Waals surface area contributed by atoms with Crippen LogP contribution >= 0.6 is 11.3 Å². The van der Waals surface area contributed by atoms with Crippen LogP contribution in [-0.2, 0) is 0 Å². The Hall–Kier alpha value is -3.31. The summed E-state index contributed by atoms with van der Waals surface area (Å²) in [6, 6.07) is 28.2. The zero-order valence-electron chi connectivity index (χ0n) is 13.8. The zero-order chi connectivity index (χ0) is 17.3. The van der Waals surface area contributed by atoms with Gasteiger partial charge >= 0.3 is 0 Å². The third kappa shape index (κ3) is 2.50. The van der Waals surface area contributed by atoms with E-state index in [0.29, 0.717) is 0 Å². The maximum absolute atomic E-state index is 4.76. The second kappa shape index (κ2) is 6.20. The van der Waals surface area contributed by atoms with Crippen LogP contribution in [-0.4, -0.2) is 9.38 Å². The third-order valence-corrected chi connectivity index (χ3v) is 5.13. The Kier molecular flexibility index (Phi) is 3.57. The molecule has 5 heteroatoms. The molecule has 0 fully saturated rings. The molecule has 0 unspecified atom stereocenters. The predicted molar refractivity (Wildman–Crippen MR) is 107 cm³/mol. The van der Waals surface area contributed by atoms with Gasteiger partial charge in [-0.3, -0.25) is 4.40 Å². The number of nitrogens with zero attached hydrogens (tertiary/aromatic N) is 4. The Morgan fingerprint density at radius 2 is 1.42 bits per heavy atom. The lowest BCUT2D eigenvalue weighted by atomic mass is 10.1. The highest BCUT2D eigenvalue weighted by molar-refractivity contribution is 7.21. The normalized spacial score (nSPS) is 11.7. The molecular formula is C21H14N4S. The van der Waals surface area contributed by atoms with Crippen molar-refractivity contribution in [1.82, 2.24) is 9.38 Å². The Balaban J connectivity index is 1.76. The Morgan fingerprint density at radius 3 is 2.23 bits per heavy atom. The molecule has 0 saturated carbocycles. The number of thiazole rings is 1. The first-order chi connectivity index (χ1) is 12.9. The summed E-state index contributed by atoms with van der Waals surface area (Å²) in [7, 11) is 0. The van der Waals surface area contributed by atoms with Gasteiger partial charge in [-0.05, 0) is 24.3 Å². The number of para-hydroxylation sites is 2. The van der Waals surface area contributed by atoms with Crippen LogP contribution < -0.4 is 0 Å². The number of azo groups is 1. The quantitative estimate of drug-likeness (QED) is 0.335. The molecule has 0 amide bonds. The van der Waals surface area contributed by atoms with Crippen molar-refractivity contribution in [3.05, 3.63) is 84.9 Å². The van der Waals surface area contributed by atoms with E-state index < -0.39 is 0 Å². The summed E-state index contributed by atoms with van der Waals surface area (Å²) in [5.74, 6) is 0. The van der Waals surface area contributed by atoms with Gasteiger partial charge in [0.05, 0.1) is 22.4 Å². The molecule has 26 heavy (non-hydrogen) atoms. The molecule has 0 spiro atoms. The number of rotatable bonds is 3. The number of benzene rings is 3. The molecule has 0 bridgehead atoms. The fourth-order valence-electron chi connectivity index (χ4n) is 3.03. The van der Waals surface area contributed by atoms with E-state index in [0.717, 1.165) is 37.9 Å². The molecule has 0 N–H and O–H groups in total. The van der Waals surface area contributed by atoms with Crippen molar-refractivity contribution in [2.75, 3.05) is 0 Å². The van der Waals surface area contributed by atoms with Crippen LogP contribution in [0.5, 0.6) is 0 Å². The first kappa shape index (κ1) is 15.0. The molecule has 0 radical (unpaired) electrons. The molecule has 4 nitrogen and oxygen atoms in total.